The molecule has 3 rings (SSSR count). The summed E-state index contributed by atoms with van der Waals surface area (Å²) < 4.78 is 57.7. The fourth-order valence-corrected chi connectivity index (χ4v) is 2.74. The molecule has 1 aliphatic rings. The van der Waals surface area contributed by atoms with Crippen LogP contribution in [0.2, 0.25) is 0 Å². The van der Waals surface area contributed by atoms with Gasteiger partial charge in [-0.15, -0.1) is 0 Å². The fraction of sp³-hybridized carbons (Fsp3) is 0.222. The Labute approximate surface area is 151 Å². The van der Waals surface area contributed by atoms with Crippen molar-refractivity contribution in [1.82, 2.24) is 5.01 Å². The van der Waals surface area contributed by atoms with Crippen molar-refractivity contribution in [3.05, 3.63) is 65.5 Å². The van der Waals surface area contributed by atoms with Crippen LogP contribution in [0.25, 0.3) is 0 Å². The topological polar surface area (TPSA) is 62.1 Å². The van der Waals surface area contributed by atoms with E-state index in [2.05, 4.69) is 5.10 Å². The van der Waals surface area contributed by atoms with Gasteiger partial charge in [0.1, 0.15) is 17.3 Å². The SMILES string of the molecule is COc1cccc(C(=O)N2N=C(C(F)(F)F)CC2(O)c2ccc(F)cc2)c1. The number of carbonyl (C=O) groups excluding carboxylic acids is 1. The molecule has 9 heteroatoms. The lowest BCUT2D eigenvalue weighted by molar-refractivity contribution is -0.0816. The predicted octanol–water partition coefficient (Wildman–Crippen LogP) is 3.44. The van der Waals surface area contributed by atoms with E-state index in [0.717, 1.165) is 24.3 Å². The molecular formula is C18H14F4N2O3. The Balaban J connectivity index is 2.07. The van der Waals surface area contributed by atoms with E-state index in [1.165, 1.54) is 25.3 Å². The maximum Gasteiger partial charge on any atom is 0.431 e. The van der Waals surface area contributed by atoms with Crippen molar-refractivity contribution < 1.29 is 32.2 Å². The van der Waals surface area contributed by atoms with E-state index >= 15 is 0 Å². The van der Waals surface area contributed by atoms with Crippen molar-refractivity contribution in [2.75, 3.05) is 7.11 Å². The zero-order valence-corrected chi connectivity index (χ0v) is 14.0. The zero-order chi connectivity index (χ0) is 19.8. The second-order valence-corrected chi connectivity index (χ2v) is 5.89. The molecule has 27 heavy (non-hydrogen) atoms. The van der Waals surface area contributed by atoms with Gasteiger partial charge in [-0.05, 0) is 30.3 Å². The summed E-state index contributed by atoms with van der Waals surface area (Å²) in [5.41, 5.74) is -3.84. The van der Waals surface area contributed by atoms with E-state index < -0.39 is 35.8 Å². The summed E-state index contributed by atoms with van der Waals surface area (Å²) in [5, 5.41) is 14.6. The molecule has 0 aliphatic carbocycles. The zero-order valence-electron chi connectivity index (χ0n) is 14.0. The van der Waals surface area contributed by atoms with E-state index in [9.17, 15) is 27.5 Å². The van der Waals surface area contributed by atoms with E-state index in [-0.39, 0.29) is 11.1 Å². The normalized spacial score (nSPS) is 19.8. The highest BCUT2D eigenvalue weighted by molar-refractivity contribution is 6.00. The summed E-state index contributed by atoms with van der Waals surface area (Å²) in [4.78, 5) is 12.8. The molecule has 1 unspecified atom stereocenters. The average molecular weight is 382 g/mol. The van der Waals surface area contributed by atoms with E-state index in [1.807, 2.05) is 0 Å². The Bertz CT molecular complexity index is 896. The molecule has 0 bridgehead atoms. The summed E-state index contributed by atoms with van der Waals surface area (Å²) >= 11 is 0. The number of rotatable bonds is 3. The molecule has 0 fully saturated rings. The Kier molecular flexibility index (Phi) is 4.64. The van der Waals surface area contributed by atoms with Crippen LogP contribution in [0.15, 0.2) is 53.6 Å². The van der Waals surface area contributed by atoms with Crippen molar-refractivity contribution in [2.24, 2.45) is 5.10 Å². The Morgan fingerprint density at radius 2 is 1.89 bits per heavy atom. The second-order valence-electron chi connectivity index (χ2n) is 5.89. The molecule has 1 amide bonds. The van der Waals surface area contributed by atoms with Crippen LogP contribution >= 0.6 is 0 Å². The van der Waals surface area contributed by atoms with Crippen LogP contribution in [-0.4, -0.2) is 35.0 Å². The van der Waals surface area contributed by atoms with Crippen LogP contribution < -0.4 is 4.74 Å². The second kappa shape index (κ2) is 6.66. The number of hydrazone groups is 1. The Morgan fingerprint density at radius 1 is 1.22 bits per heavy atom. The molecule has 0 saturated heterocycles. The first-order chi connectivity index (χ1) is 12.6. The largest absolute Gasteiger partial charge is 0.497 e. The van der Waals surface area contributed by atoms with Crippen molar-refractivity contribution in [3.8, 4) is 5.75 Å². The number of ether oxygens (including phenoxy) is 1. The number of alkyl halides is 3. The van der Waals surface area contributed by atoms with Gasteiger partial charge in [-0.1, -0.05) is 18.2 Å². The first kappa shape index (κ1) is 18.8. The van der Waals surface area contributed by atoms with Crippen LogP contribution in [0.5, 0.6) is 5.75 Å². The lowest BCUT2D eigenvalue weighted by atomic mass is 9.96. The van der Waals surface area contributed by atoms with Gasteiger partial charge in [-0.2, -0.15) is 23.3 Å². The molecule has 0 spiro atoms. The number of benzene rings is 2. The van der Waals surface area contributed by atoms with Gasteiger partial charge in [0.25, 0.3) is 5.91 Å². The van der Waals surface area contributed by atoms with Gasteiger partial charge in [-0.3, -0.25) is 4.79 Å². The molecule has 142 valence electrons. The Morgan fingerprint density at radius 3 is 2.48 bits per heavy atom. The summed E-state index contributed by atoms with van der Waals surface area (Å²) in [6, 6.07) is 9.88. The summed E-state index contributed by atoms with van der Waals surface area (Å²) in [7, 11) is 1.37. The molecule has 1 atom stereocenters. The van der Waals surface area contributed by atoms with E-state index in [1.54, 1.807) is 6.07 Å². The number of hydrogen-bond acceptors (Lipinski definition) is 4. The standard InChI is InChI=1S/C18H14F4N2O3/c1-27-14-4-2-3-11(9-14)16(25)24-17(26,10-15(23-24)18(20,21)22)12-5-7-13(19)8-6-12/h2-9,26H,10H2,1H3. The molecule has 1 N–H and O–H groups in total. The van der Waals surface area contributed by atoms with Gasteiger partial charge in [0.2, 0.25) is 0 Å². The molecule has 0 aromatic heterocycles. The van der Waals surface area contributed by atoms with E-state index in [4.69, 9.17) is 4.74 Å². The van der Waals surface area contributed by atoms with Crippen LogP contribution in [0.1, 0.15) is 22.3 Å². The van der Waals surface area contributed by atoms with E-state index in [0.29, 0.717) is 10.8 Å². The minimum Gasteiger partial charge on any atom is -0.497 e. The minimum absolute atomic E-state index is 0.0259. The summed E-state index contributed by atoms with van der Waals surface area (Å²) in [6.45, 7) is 0. The number of methoxy groups -OCH3 is 1. The van der Waals surface area contributed by atoms with Crippen LogP contribution in [-0.2, 0) is 5.72 Å². The number of aliphatic hydroxyl groups is 1. The smallest absolute Gasteiger partial charge is 0.431 e. The van der Waals surface area contributed by atoms with Gasteiger partial charge in [0, 0.05) is 11.1 Å². The highest BCUT2D eigenvalue weighted by Crippen LogP contribution is 2.40. The van der Waals surface area contributed by atoms with Crippen molar-refractivity contribution in [2.45, 2.75) is 18.3 Å². The molecule has 0 saturated carbocycles. The maximum atomic E-state index is 13.2. The fourth-order valence-electron chi connectivity index (χ4n) is 2.74. The lowest BCUT2D eigenvalue weighted by Gasteiger charge is -2.31. The predicted molar refractivity (Wildman–Crippen MR) is 87.6 cm³/mol. The number of hydrogen-bond donors (Lipinski definition) is 1. The highest BCUT2D eigenvalue weighted by Gasteiger charge is 2.53. The third kappa shape index (κ3) is 3.50. The van der Waals surface area contributed by atoms with Gasteiger partial charge < -0.3 is 9.84 Å². The molecule has 2 aromatic rings. The van der Waals surface area contributed by atoms with Gasteiger partial charge in [0.15, 0.2) is 5.72 Å². The first-order valence-electron chi connectivity index (χ1n) is 7.77. The van der Waals surface area contributed by atoms with Crippen molar-refractivity contribution >= 4 is 11.6 Å². The highest BCUT2D eigenvalue weighted by atomic mass is 19.4. The molecule has 1 aliphatic heterocycles. The monoisotopic (exact) mass is 382 g/mol. The van der Waals surface area contributed by atoms with Crippen molar-refractivity contribution in [1.29, 1.82) is 0 Å². The number of carbonyl (C=O) groups is 1. The third-order valence-corrected chi connectivity index (χ3v) is 4.13. The van der Waals surface area contributed by atoms with Crippen LogP contribution in [0.4, 0.5) is 17.6 Å². The average Bonchev–Trinajstić information content (AvgIpc) is 3.00. The first-order valence-corrected chi connectivity index (χ1v) is 7.77. The van der Waals surface area contributed by atoms with Gasteiger partial charge in [0.05, 0.1) is 13.5 Å². The Hall–Kier alpha value is -2.94. The summed E-state index contributed by atoms with van der Waals surface area (Å²) in [5.74, 6) is -1.28. The molecule has 0 radical (unpaired) electrons. The molecule has 5 nitrogen and oxygen atoms in total. The van der Waals surface area contributed by atoms with Gasteiger partial charge in [-0.25, -0.2) is 4.39 Å². The molecule has 2 aromatic carbocycles. The minimum atomic E-state index is -4.84. The van der Waals surface area contributed by atoms with Crippen molar-refractivity contribution in [3.63, 3.8) is 0 Å². The summed E-state index contributed by atoms with van der Waals surface area (Å²) in [6.07, 6.45) is -5.81. The maximum absolute atomic E-state index is 13.2. The lowest BCUT2D eigenvalue weighted by Crippen LogP contribution is -2.43. The number of halogens is 4. The molecule has 1 heterocycles. The van der Waals surface area contributed by atoms with Crippen LogP contribution in [0, 0.1) is 5.82 Å². The molecular weight excluding hydrogens is 368 g/mol. The quantitative estimate of drug-likeness (QED) is 0.828. The van der Waals surface area contributed by atoms with Crippen LogP contribution in [0.3, 0.4) is 0 Å². The number of nitrogens with zero attached hydrogens (tertiary/aromatic N) is 2. The number of amides is 1. The van der Waals surface area contributed by atoms with Gasteiger partial charge >= 0.3 is 6.18 Å². The third-order valence-electron chi connectivity index (χ3n) is 4.13.